The van der Waals surface area contributed by atoms with Gasteiger partial charge in [0.15, 0.2) is 3.95 Å². The maximum atomic E-state index is 5.50. The largest absolute Gasteiger partial charge is 0.330 e. The van der Waals surface area contributed by atoms with Crippen molar-refractivity contribution >= 4 is 34.4 Å². The summed E-state index contributed by atoms with van der Waals surface area (Å²) in [5.74, 6) is 0.731. The molecule has 1 aromatic heterocycles. The number of aromatic nitrogens is 2. The molecule has 1 fully saturated rings. The molecule has 3 rings (SSSR count). The third kappa shape index (κ3) is 5.34. The van der Waals surface area contributed by atoms with Crippen molar-refractivity contribution in [1.82, 2.24) is 19.6 Å². The summed E-state index contributed by atoms with van der Waals surface area (Å²) in [4.78, 5) is 4.98. The van der Waals surface area contributed by atoms with Crippen LogP contribution in [0.15, 0.2) is 24.3 Å². The molecule has 2 heterocycles. The monoisotopic (exact) mass is 377 g/mol. The molecule has 0 unspecified atom stereocenters. The minimum atomic E-state index is 0.731. The van der Waals surface area contributed by atoms with Gasteiger partial charge in [-0.05, 0) is 37.2 Å². The van der Waals surface area contributed by atoms with E-state index in [1.54, 1.807) is 0 Å². The van der Waals surface area contributed by atoms with Crippen molar-refractivity contribution in [2.24, 2.45) is 5.92 Å². The van der Waals surface area contributed by atoms with Gasteiger partial charge in [-0.15, -0.1) is 5.10 Å². The zero-order chi connectivity index (χ0) is 17.8. The van der Waals surface area contributed by atoms with Crippen LogP contribution in [0.5, 0.6) is 0 Å². The van der Waals surface area contributed by atoms with E-state index in [0.717, 1.165) is 53.5 Å². The molecule has 1 aliphatic rings. The van der Waals surface area contributed by atoms with E-state index in [1.165, 1.54) is 23.4 Å². The molecule has 0 spiro atoms. The topological polar surface area (TPSA) is 36.3 Å². The number of nitrogens with zero attached hydrogens (tertiary/aromatic N) is 4. The lowest BCUT2D eigenvalue weighted by molar-refractivity contribution is 0.0955. The molecule has 1 aromatic carbocycles. The molecular formula is C18H27N5S2. The second-order valence-electron chi connectivity index (χ2n) is 7.12. The fourth-order valence-corrected chi connectivity index (χ4v) is 4.04. The van der Waals surface area contributed by atoms with E-state index in [2.05, 4.69) is 65.3 Å². The number of hydrogen-bond donors (Lipinski definition) is 1. The van der Waals surface area contributed by atoms with Crippen LogP contribution in [-0.2, 0) is 6.67 Å². The lowest BCUT2D eigenvalue weighted by Crippen LogP contribution is -2.47. The Morgan fingerprint density at radius 3 is 2.40 bits per heavy atom. The summed E-state index contributed by atoms with van der Waals surface area (Å²) >= 11 is 7.03. The molecule has 0 radical (unpaired) electrons. The van der Waals surface area contributed by atoms with Crippen molar-refractivity contribution in [2.75, 3.05) is 38.0 Å². The van der Waals surface area contributed by atoms with Crippen LogP contribution >= 0.6 is 23.6 Å². The summed E-state index contributed by atoms with van der Waals surface area (Å²) in [7, 11) is 0. The zero-order valence-electron chi connectivity index (χ0n) is 15.2. The summed E-state index contributed by atoms with van der Waals surface area (Å²) in [5, 5.41) is 8.86. The highest BCUT2D eigenvalue weighted by Crippen LogP contribution is 2.21. The number of nitrogens with one attached hydrogen (secondary N) is 1. The molecule has 0 amide bonds. The van der Waals surface area contributed by atoms with Gasteiger partial charge in [0.05, 0.1) is 6.67 Å². The lowest BCUT2D eigenvalue weighted by Gasteiger charge is -2.35. The number of anilines is 2. The van der Waals surface area contributed by atoms with Crippen molar-refractivity contribution in [3.63, 3.8) is 0 Å². The molecule has 0 aliphatic carbocycles. The van der Waals surface area contributed by atoms with E-state index in [4.69, 9.17) is 12.2 Å². The molecule has 1 N–H and O–H groups in total. The SMILES string of the molecule is Cc1ccc(Nc2nn(CN3CCN(CC(C)C)CC3)c(=S)s2)cc1. The number of benzene rings is 1. The van der Waals surface area contributed by atoms with Crippen molar-refractivity contribution in [2.45, 2.75) is 27.4 Å². The molecule has 1 saturated heterocycles. The van der Waals surface area contributed by atoms with E-state index < -0.39 is 0 Å². The first-order valence-electron chi connectivity index (χ1n) is 8.86. The Balaban J connectivity index is 1.56. The molecule has 0 atom stereocenters. The summed E-state index contributed by atoms with van der Waals surface area (Å²) in [5.41, 5.74) is 2.30. The van der Waals surface area contributed by atoms with Crippen molar-refractivity contribution < 1.29 is 0 Å². The van der Waals surface area contributed by atoms with Gasteiger partial charge < -0.3 is 10.2 Å². The quantitative estimate of drug-likeness (QED) is 0.771. The predicted molar refractivity (Wildman–Crippen MR) is 108 cm³/mol. The Kier molecular flexibility index (Phi) is 6.22. The Bertz CT molecular complexity index is 727. The van der Waals surface area contributed by atoms with E-state index in [0.29, 0.717) is 0 Å². The molecule has 1 aliphatic heterocycles. The van der Waals surface area contributed by atoms with Crippen molar-refractivity contribution in [1.29, 1.82) is 0 Å². The fourth-order valence-electron chi connectivity index (χ4n) is 3.03. The van der Waals surface area contributed by atoms with Crippen LogP contribution in [0, 0.1) is 16.8 Å². The van der Waals surface area contributed by atoms with Crippen LogP contribution < -0.4 is 5.32 Å². The Morgan fingerprint density at radius 2 is 1.76 bits per heavy atom. The van der Waals surface area contributed by atoms with Gasteiger partial charge >= 0.3 is 0 Å². The summed E-state index contributed by atoms with van der Waals surface area (Å²) in [6, 6.07) is 8.32. The second-order valence-corrected chi connectivity index (χ2v) is 8.74. The number of hydrogen-bond acceptors (Lipinski definition) is 6. The second kappa shape index (κ2) is 8.40. The fraction of sp³-hybridized carbons (Fsp3) is 0.556. The average molecular weight is 378 g/mol. The van der Waals surface area contributed by atoms with Gasteiger partial charge in [0.1, 0.15) is 0 Å². The predicted octanol–water partition coefficient (Wildman–Crippen LogP) is 3.96. The summed E-state index contributed by atoms with van der Waals surface area (Å²) in [6.07, 6.45) is 0. The standard InChI is InChI=1S/C18H27N5S2/c1-14(2)12-21-8-10-22(11-9-21)13-23-18(24)25-17(20-23)19-16-6-4-15(3)5-7-16/h4-7,14H,8-13H2,1-3H3,(H,19,20). The van der Waals surface area contributed by atoms with Gasteiger partial charge in [-0.25, -0.2) is 4.68 Å². The number of piperazine rings is 1. The normalized spacial score (nSPS) is 16.5. The third-order valence-corrected chi connectivity index (χ3v) is 5.55. The smallest absolute Gasteiger partial charge is 0.209 e. The van der Waals surface area contributed by atoms with Crippen LogP contribution in [0.1, 0.15) is 19.4 Å². The third-order valence-electron chi connectivity index (χ3n) is 4.33. The Labute approximate surface area is 159 Å². The number of aryl methyl sites for hydroxylation is 1. The first-order valence-corrected chi connectivity index (χ1v) is 10.1. The summed E-state index contributed by atoms with van der Waals surface area (Å²) < 4.78 is 2.76. The minimum Gasteiger partial charge on any atom is -0.330 e. The van der Waals surface area contributed by atoms with Gasteiger partial charge in [0.2, 0.25) is 5.13 Å². The highest BCUT2D eigenvalue weighted by atomic mass is 32.1. The molecular weight excluding hydrogens is 350 g/mol. The van der Waals surface area contributed by atoms with Gasteiger partial charge in [0, 0.05) is 38.4 Å². The molecule has 2 aromatic rings. The van der Waals surface area contributed by atoms with E-state index in [9.17, 15) is 0 Å². The molecule has 0 bridgehead atoms. The van der Waals surface area contributed by atoms with Crippen LogP contribution in [-0.4, -0.2) is 52.3 Å². The van der Waals surface area contributed by atoms with E-state index >= 15 is 0 Å². The van der Waals surface area contributed by atoms with E-state index in [1.807, 2.05) is 4.68 Å². The van der Waals surface area contributed by atoms with E-state index in [-0.39, 0.29) is 0 Å². The molecule has 5 nitrogen and oxygen atoms in total. The Morgan fingerprint density at radius 1 is 1.12 bits per heavy atom. The van der Waals surface area contributed by atoms with Crippen molar-refractivity contribution in [3.8, 4) is 0 Å². The molecule has 0 saturated carbocycles. The maximum Gasteiger partial charge on any atom is 0.209 e. The van der Waals surface area contributed by atoms with Crippen LogP contribution in [0.3, 0.4) is 0 Å². The van der Waals surface area contributed by atoms with Crippen LogP contribution in [0.25, 0.3) is 0 Å². The van der Waals surface area contributed by atoms with Gasteiger partial charge in [-0.3, -0.25) is 4.90 Å². The lowest BCUT2D eigenvalue weighted by atomic mass is 10.2. The average Bonchev–Trinajstić information content (AvgIpc) is 2.90. The number of rotatable bonds is 6. The molecule has 25 heavy (non-hydrogen) atoms. The Hall–Kier alpha value is -1.28. The van der Waals surface area contributed by atoms with Crippen LogP contribution in [0.2, 0.25) is 0 Å². The maximum absolute atomic E-state index is 5.50. The van der Waals surface area contributed by atoms with Gasteiger partial charge in [-0.1, -0.05) is 42.9 Å². The molecule has 136 valence electrons. The first kappa shape index (κ1) is 18.5. The van der Waals surface area contributed by atoms with Crippen LogP contribution in [0.4, 0.5) is 10.8 Å². The van der Waals surface area contributed by atoms with Gasteiger partial charge in [0.25, 0.3) is 0 Å². The highest BCUT2D eigenvalue weighted by molar-refractivity contribution is 7.73. The van der Waals surface area contributed by atoms with Gasteiger partial charge in [-0.2, -0.15) is 0 Å². The first-order chi connectivity index (χ1) is 12.0. The highest BCUT2D eigenvalue weighted by Gasteiger charge is 2.18. The molecule has 7 heteroatoms. The zero-order valence-corrected chi connectivity index (χ0v) is 16.9. The van der Waals surface area contributed by atoms with Crippen molar-refractivity contribution in [3.05, 3.63) is 33.8 Å². The summed E-state index contributed by atoms with van der Waals surface area (Å²) in [6.45, 7) is 13.0. The minimum absolute atomic E-state index is 0.731.